The standard InChI is InChI=1S/C17H17F2NO/c1-17(12-5-3-2-4-6-12)11-21-16(10-20-17)14-8-7-13(18)9-15(14)19/h2-9,16,20H,10-11H2,1H3. The lowest BCUT2D eigenvalue weighted by atomic mass is 9.90. The van der Waals surface area contributed by atoms with Crippen molar-refractivity contribution < 1.29 is 13.5 Å². The average molecular weight is 289 g/mol. The summed E-state index contributed by atoms with van der Waals surface area (Å²) in [7, 11) is 0. The van der Waals surface area contributed by atoms with Gasteiger partial charge in [0.1, 0.15) is 11.6 Å². The van der Waals surface area contributed by atoms with Crippen molar-refractivity contribution in [1.82, 2.24) is 5.32 Å². The van der Waals surface area contributed by atoms with Gasteiger partial charge in [-0.15, -0.1) is 0 Å². The molecule has 1 heterocycles. The Labute approximate surface area is 122 Å². The van der Waals surface area contributed by atoms with Crippen molar-refractivity contribution in [1.29, 1.82) is 0 Å². The fraction of sp³-hybridized carbons (Fsp3) is 0.294. The SMILES string of the molecule is CC1(c2ccccc2)COC(c2ccc(F)cc2F)CN1. The van der Waals surface area contributed by atoms with E-state index in [1.54, 1.807) is 0 Å². The van der Waals surface area contributed by atoms with Crippen molar-refractivity contribution in [3.8, 4) is 0 Å². The summed E-state index contributed by atoms with van der Waals surface area (Å²) in [5, 5.41) is 3.42. The fourth-order valence-electron chi connectivity index (χ4n) is 2.65. The van der Waals surface area contributed by atoms with Crippen LogP contribution in [0.4, 0.5) is 8.78 Å². The quantitative estimate of drug-likeness (QED) is 0.913. The topological polar surface area (TPSA) is 21.3 Å². The second kappa shape index (κ2) is 5.54. The molecule has 2 atom stereocenters. The van der Waals surface area contributed by atoms with E-state index in [4.69, 9.17) is 4.74 Å². The second-order valence-electron chi connectivity index (χ2n) is 5.54. The van der Waals surface area contributed by atoms with Gasteiger partial charge in [0.2, 0.25) is 0 Å². The van der Waals surface area contributed by atoms with Gasteiger partial charge in [-0.3, -0.25) is 0 Å². The van der Waals surface area contributed by atoms with Crippen molar-refractivity contribution in [2.75, 3.05) is 13.2 Å². The van der Waals surface area contributed by atoms with E-state index in [0.717, 1.165) is 11.6 Å². The Kier molecular flexibility index (Phi) is 3.74. The lowest BCUT2D eigenvalue weighted by molar-refractivity contribution is -0.0323. The van der Waals surface area contributed by atoms with Crippen LogP contribution in [0.1, 0.15) is 24.2 Å². The first kappa shape index (κ1) is 14.2. The molecule has 1 saturated heterocycles. The molecule has 2 aromatic carbocycles. The van der Waals surface area contributed by atoms with Gasteiger partial charge in [0.25, 0.3) is 0 Å². The van der Waals surface area contributed by atoms with Crippen LogP contribution in [0.25, 0.3) is 0 Å². The van der Waals surface area contributed by atoms with Crippen LogP contribution >= 0.6 is 0 Å². The van der Waals surface area contributed by atoms with Crippen LogP contribution in [-0.2, 0) is 10.3 Å². The molecule has 1 aliphatic heterocycles. The molecule has 0 aromatic heterocycles. The van der Waals surface area contributed by atoms with Crippen molar-refractivity contribution >= 4 is 0 Å². The van der Waals surface area contributed by atoms with Gasteiger partial charge in [-0.05, 0) is 18.6 Å². The maximum Gasteiger partial charge on any atom is 0.131 e. The molecule has 1 N–H and O–H groups in total. The van der Waals surface area contributed by atoms with Gasteiger partial charge in [0, 0.05) is 18.2 Å². The number of hydrogen-bond donors (Lipinski definition) is 1. The van der Waals surface area contributed by atoms with Crippen LogP contribution in [0.3, 0.4) is 0 Å². The monoisotopic (exact) mass is 289 g/mol. The van der Waals surface area contributed by atoms with Gasteiger partial charge in [-0.1, -0.05) is 36.4 Å². The smallest absolute Gasteiger partial charge is 0.131 e. The molecule has 0 aliphatic carbocycles. The van der Waals surface area contributed by atoms with Gasteiger partial charge < -0.3 is 10.1 Å². The zero-order valence-corrected chi connectivity index (χ0v) is 11.8. The Balaban J connectivity index is 1.76. The summed E-state index contributed by atoms with van der Waals surface area (Å²) in [5.41, 5.74) is 1.22. The van der Waals surface area contributed by atoms with Crippen LogP contribution < -0.4 is 5.32 Å². The predicted molar refractivity (Wildman–Crippen MR) is 76.8 cm³/mol. The molecule has 110 valence electrons. The summed E-state index contributed by atoms with van der Waals surface area (Å²) < 4.78 is 32.6. The molecule has 2 unspecified atom stereocenters. The van der Waals surface area contributed by atoms with Gasteiger partial charge in [0.15, 0.2) is 0 Å². The third-order valence-corrected chi connectivity index (χ3v) is 3.97. The minimum atomic E-state index is -0.575. The first-order chi connectivity index (χ1) is 10.1. The fourth-order valence-corrected chi connectivity index (χ4v) is 2.65. The number of nitrogens with one attached hydrogen (secondary N) is 1. The van der Waals surface area contributed by atoms with Crippen LogP contribution in [0.15, 0.2) is 48.5 Å². The van der Waals surface area contributed by atoms with Crippen molar-refractivity contribution in [3.05, 3.63) is 71.3 Å². The summed E-state index contributed by atoms with van der Waals surface area (Å²) in [6, 6.07) is 13.6. The second-order valence-corrected chi connectivity index (χ2v) is 5.54. The van der Waals surface area contributed by atoms with E-state index in [0.29, 0.717) is 18.7 Å². The van der Waals surface area contributed by atoms with Crippen molar-refractivity contribution in [2.24, 2.45) is 0 Å². The third-order valence-electron chi connectivity index (χ3n) is 3.97. The minimum absolute atomic E-state index is 0.297. The van der Waals surface area contributed by atoms with Crippen molar-refractivity contribution in [3.63, 3.8) is 0 Å². The number of ether oxygens (including phenoxy) is 1. The molecule has 0 amide bonds. The highest BCUT2D eigenvalue weighted by atomic mass is 19.1. The molecule has 1 fully saturated rings. The molecule has 2 nitrogen and oxygen atoms in total. The van der Waals surface area contributed by atoms with E-state index in [2.05, 4.69) is 12.2 Å². The number of rotatable bonds is 2. The zero-order valence-electron chi connectivity index (χ0n) is 11.8. The Hall–Kier alpha value is -1.78. The Morgan fingerprint density at radius 2 is 1.90 bits per heavy atom. The normalized spacial score (nSPS) is 25.8. The number of benzene rings is 2. The number of halogens is 2. The van der Waals surface area contributed by atoms with E-state index < -0.39 is 17.7 Å². The van der Waals surface area contributed by atoms with Gasteiger partial charge in [-0.25, -0.2) is 8.78 Å². The third kappa shape index (κ3) is 2.82. The summed E-state index contributed by atoms with van der Waals surface area (Å²) in [4.78, 5) is 0. The van der Waals surface area contributed by atoms with E-state index in [1.807, 2.05) is 30.3 Å². The van der Waals surface area contributed by atoms with Gasteiger partial charge in [-0.2, -0.15) is 0 Å². The minimum Gasteiger partial charge on any atom is -0.370 e. The lowest BCUT2D eigenvalue weighted by Crippen LogP contribution is -2.50. The van der Waals surface area contributed by atoms with E-state index in [-0.39, 0.29) is 5.54 Å². The maximum atomic E-state index is 13.8. The molecule has 3 rings (SSSR count). The van der Waals surface area contributed by atoms with Crippen molar-refractivity contribution in [2.45, 2.75) is 18.6 Å². The number of morpholine rings is 1. The summed E-state index contributed by atoms with van der Waals surface area (Å²) in [6.45, 7) is 2.96. The van der Waals surface area contributed by atoms with Crippen LogP contribution in [0.2, 0.25) is 0 Å². The highest BCUT2D eigenvalue weighted by Crippen LogP contribution is 2.31. The molecule has 0 bridgehead atoms. The Morgan fingerprint density at radius 3 is 2.52 bits per heavy atom. The Morgan fingerprint density at radius 1 is 1.14 bits per heavy atom. The van der Waals surface area contributed by atoms with Crippen LogP contribution in [0, 0.1) is 11.6 Å². The molecule has 1 aliphatic rings. The van der Waals surface area contributed by atoms with E-state index in [9.17, 15) is 8.78 Å². The van der Waals surface area contributed by atoms with Crippen LogP contribution in [0.5, 0.6) is 0 Å². The first-order valence-corrected chi connectivity index (χ1v) is 6.96. The molecular weight excluding hydrogens is 272 g/mol. The highest BCUT2D eigenvalue weighted by molar-refractivity contribution is 5.26. The lowest BCUT2D eigenvalue weighted by Gasteiger charge is -2.39. The molecule has 0 saturated carbocycles. The Bertz CT molecular complexity index is 622. The van der Waals surface area contributed by atoms with Crippen LogP contribution in [-0.4, -0.2) is 13.2 Å². The molecular formula is C17H17F2NO. The van der Waals surface area contributed by atoms with Gasteiger partial charge >= 0.3 is 0 Å². The van der Waals surface area contributed by atoms with Gasteiger partial charge in [0.05, 0.1) is 18.2 Å². The summed E-state index contributed by atoms with van der Waals surface area (Å²) in [6.07, 6.45) is -0.401. The molecule has 0 spiro atoms. The number of hydrogen-bond acceptors (Lipinski definition) is 2. The van der Waals surface area contributed by atoms with E-state index >= 15 is 0 Å². The van der Waals surface area contributed by atoms with E-state index in [1.165, 1.54) is 12.1 Å². The summed E-state index contributed by atoms with van der Waals surface area (Å²) in [5.74, 6) is -1.14. The molecule has 4 heteroatoms. The largest absolute Gasteiger partial charge is 0.370 e. The highest BCUT2D eigenvalue weighted by Gasteiger charge is 2.34. The summed E-state index contributed by atoms with van der Waals surface area (Å²) >= 11 is 0. The maximum absolute atomic E-state index is 13.8. The molecule has 0 radical (unpaired) electrons. The first-order valence-electron chi connectivity index (χ1n) is 6.96. The zero-order chi connectivity index (χ0) is 14.9. The molecule has 2 aromatic rings. The predicted octanol–water partition coefficient (Wildman–Crippen LogP) is 3.54. The average Bonchev–Trinajstić information content (AvgIpc) is 2.50. The molecule has 21 heavy (non-hydrogen) atoms.